The van der Waals surface area contributed by atoms with Crippen molar-refractivity contribution in [2.75, 3.05) is 6.54 Å². The molecule has 0 saturated carbocycles. The fraction of sp³-hybridized carbons (Fsp3) is 0.318. The van der Waals surface area contributed by atoms with Gasteiger partial charge in [-0.25, -0.2) is 4.68 Å². The molecule has 3 rings (SSSR count). The topological polar surface area (TPSA) is 64.0 Å². The van der Waals surface area contributed by atoms with Gasteiger partial charge in [0.05, 0.1) is 5.39 Å². The van der Waals surface area contributed by atoms with Gasteiger partial charge in [-0.05, 0) is 24.5 Å². The summed E-state index contributed by atoms with van der Waals surface area (Å²) in [4.78, 5) is 25.4. The van der Waals surface area contributed by atoms with Crippen molar-refractivity contribution in [3.05, 3.63) is 76.2 Å². The molecule has 1 heterocycles. The van der Waals surface area contributed by atoms with Crippen LogP contribution in [0.4, 0.5) is 0 Å². The lowest BCUT2D eigenvalue weighted by Gasteiger charge is -2.11. The van der Waals surface area contributed by atoms with Gasteiger partial charge in [-0.2, -0.15) is 5.10 Å². The van der Waals surface area contributed by atoms with Crippen LogP contribution in [0.3, 0.4) is 0 Å². The number of carbonyl (C=O) groups is 1. The first-order valence-corrected chi connectivity index (χ1v) is 9.52. The van der Waals surface area contributed by atoms with Crippen LogP contribution in [0.5, 0.6) is 0 Å². The molecule has 0 unspecified atom stereocenters. The Balaban J connectivity index is 1.82. The third-order valence-electron chi connectivity index (χ3n) is 4.60. The minimum atomic E-state index is -0.244. The number of rotatable bonds is 8. The Morgan fingerprint density at radius 2 is 1.70 bits per heavy atom. The Hall–Kier alpha value is -2.95. The van der Waals surface area contributed by atoms with Gasteiger partial charge in [0, 0.05) is 18.5 Å². The van der Waals surface area contributed by atoms with E-state index in [-0.39, 0.29) is 11.5 Å². The van der Waals surface area contributed by atoms with Gasteiger partial charge < -0.3 is 5.32 Å². The monoisotopic (exact) mass is 363 g/mol. The summed E-state index contributed by atoms with van der Waals surface area (Å²) in [5.41, 5.74) is 1.34. The van der Waals surface area contributed by atoms with E-state index in [9.17, 15) is 9.59 Å². The van der Waals surface area contributed by atoms with Crippen LogP contribution < -0.4 is 10.9 Å². The molecule has 3 aromatic rings. The molecule has 0 aliphatic heterocycles. The van der Waals surface area contributed by atoms with E-state index in [2.05, 4.69) is 17.3 Å². The Bertz CT molecular complexity index is 964. The lowest BCUT2D eigenvalue weighted by molar-refractivity contribution is 0.0948. The molecule has 0 atom stereocenters. The average molecular weight is 363 g/mol. The van der Waals surface area contributed by atoms with Crippen LogP contribution >= 0.6 is 0 Å². The summed E-state index contributed by atoms with van der Waals surface area (Å²) < 4.78 is 1.43. The van der Waals surface area contributed by atoms with Gasteiger partial charge in [-0.1, -0.05) is 68.3 Å². The zero-order valence-electron chi connectivity index (χ0n) is 15.6. The van der Waals surface area contributed by atoms with Crippen molar-refractivity contribution in [1.82, 2.24) is 15.1 Å². The van der Waals surface area contributed by atoms with Crippen LogP contribution in [-0.2, 0) is 13.0 Å². The number of aromatic nitrogens is 2. The number of hydrogen-bond donors (Lipinski definition) is 1. The standard InChI is InChI=1S/C22H25N3O2/c1-2-3-9-16-25-22(27)19-13-8-7-12-18(19)20(24-25)21(26)23-15-14-17-10-5-4-6-11-17/h4-8,10-13H,2-3,9,14-16H2,1H3,(H,23,26). The maximum atomic E-state index is 12.8. The Kier molecular flexibility index (Phi) is 6.36. The third kappa shape index (κ3) is 4.61. The van der Waals surface area contributed by atoms with Crippen LogP contribution in [0.1, 0.15) is 42.2 Å². The predicted octanol–water partition coefficient (Wildman–Crippen LogP) is 3.56. The minimum Gasteiger partial charge on any atom is -0.350 e. The Morgan fingerprint density at radius 3 is 2.44 bits per heavy atom. The number of hydrogen-bond acceptors (Lipinski definition) is 3. The molecule has 27 heavy (non-hydrogen) atoms. The predicted molar refractivity (Wildman–Crippen MR) is 108 cm³/mol. The fourth-order valence-corrected chi connectivity index (χ4v) is 3.11. The molecule has 2 aromatic carbocycles. The first-order chi connectivity index (χ1) is 13.2. The number of nitrogens with zero attached hydrogens (tertiary/aromatic N) is 2. The van der Waals surface area contributed by atoms with Crippen LogP contribution in [0, 0.1) is 0 Å². The van der Waals surface area contributed by atoms with Crippen molar-refractivity contribution in [2.45, 2.75) is 39.2 Å². The van der Waals surface area contributed by atoms with Gasteiger partial charge in [0.1, 0.15) is 0 Å². The minimum absolute atomic E-state index is 0.137. The second-order valence-electron chi connectivity index (χ2n) is 6.62. The van der Waals surface area contributed by atoms with E-state index in [4.69, 9.17) is 0 Å². The largest absolute Gasteiger partial charge is 0.350 e. The molecule has 1 aromatic heterocycles. The average Bonchev–Trinajstić information content (AvgIpc) is 2.70. The normalized spacial score (nSPS) is 10.9. The summed E-state index contributed by atoms with van der Waals surface area (Å²) in [6.07, 6.45) is 3.71. The molecule has 5 heteroatoms. The molecule has 0 fully saturated rings. The highest BCUT2D eigenvalue weighted by molar-refractivity contribution is 6.04. The SMILES string of the molecule is CCCCCn1nc(C(=O)NCCc2ccccc2)c2ccccc2c1=O. The number of fused-ring (bicyclic) bond motifs is 1. The number of benzene rings is 2. The summed E-state index contributed by atoms with van der Waals surface area (Å²) in [6.45, 7) is 3.16. The molecule has 1 N–H and O–H groups in total. The molecule has 0 bridgehead atoms. The van der Waals surface area contributed by atoms with Gasteiger partial charge in [0.25, 0.3) is 11.5 Å². The summed E-state index contributed by atoms with van der Waals surface area (Å²) in [5.74, 6) is -0.244. The number of aryl methyl sites for hydroxylation is 1. The van der Waals surface area contributed by atoms with Crippen molar-refractivity contribution in [3.63, 3.8) is 0 Å². The molecule has 0 saturated heterocycles. The Labute approximate surface area is 159 Å². The number of unbranched alkanes of at least 4 members (excludes halogenated alkanes) is 2. The quantitative estimate of drug-likeness (QED) is 0.623. The van der Waals surface area contributed by atoms with E-state index in [0.717, 1.165) is 25.7 Å². The van der Waals surface area contributed by atoms with Crippen LogP contribution in [0.15, 0.2) is 59.4 Å². The van der Waals surface area contributed by atoms with E-state index >= 15 is 0 Å². The molecule has 5 nitrogen and oxygen atoms in total. The summed E-state index contributed by atoms with van der Waals surface area (Å²) in [6, 6.07) is 17.2. The first kappa shape index (κ1) is 18.8. The molecular formula is C22H25N3O2. The van der Waals surface area contributed by atoms with Crippen LogP contribution in [-0.4, -0.2) is 22.2 Å². The molecule has 0 aliphatic rings. The second-order valence-corrected chi connectivity index (χ2v) is 6.62. The number of carbonyl (C=O) groups excluding carboxylic acids is 1. The van der Waals surface area contributed by atoms with Crippen molar-refractivity contribution < 1.29 is 4.79 Å². The molecule has 0 radical (unpaired) electrons. The van der Waals surface area contributed by atoms with Gasteiger partial charge in [0.2, 0.25) is 0 Å². The van der Waals surface area contributed by atoms with Crippen molar-refractivity contribution in [3.8, 4) is 0 Å². The maximum absolute atomic E-state index is 12.8. The van der Waals surface area contributed by atoms with E-state index in [1.165, 1.54) is 10.2 Å². The van der Waals surface area contributed by atoms with E-state index in [0.29, 0.717) is 29.6 Å². The zero-order chi connectivity index (χ0) is 19.1. The van der Waals surface area contributed by atoms with Crippen LogP contribution in [0.2, 0.25) is 0 Å². The first-order valence-electron chi connectivity index (χ1n) is 9.52. The maximum Gasteiger partial charge on any atom is 0.274 e. The number of nitrogens with one attached hydrogen (secondary N) is 1. The van der Waals surface area contributed by atoms with Crippen molar-refractivity contribution >= 4 is 16.7 Å². The lowest BCUT2D eigenvalue weighted by Crippen LogP contribution is -2.31. The Morgan fingerprint density at radius 1 is 1.00 bits per heavy atom. The smallest absolute Gasteiger partial charge is 0.274 e. The highest BCUT2D eigenvalue weighted by Gasteiger charge is 2.16. The molecule has 0 spiro atoms. The highest BCUT2D eigenvalue weighted by atomic mass is 16.2. The summed E-state index contributed by atoms with van der Waals surface area (Å²) in [5, 5.41) is 8.47. The third-order valence-corrected chi connectivity index (χ3v) is 4.60. The van der Waals surface area contributed by atoms with E-state index < -0.39 is 0 Å². The van der Waals surface area contributed by atoms with Crippen molar-refractivity contribution in [1.29, 1.82) is 0 Å². The van der Waals surface area contributed by atoms with Gasteiger partial charge in [-0.3, -0.25) is 9.59 Å². The molecular weight excluding hydrogens is 338 g/mol. The van der Waals surface area contributed by atoms with Gasteiger partial charge in [-0.15, -0.1) is 0 Å². The van der Waals surface area contributed by atoms with E-state index in [1.807, 2.05) is 42.5 Å². The zero-order valence-corrected chi connectivity index (χ0v) is 15.6. The summed E-state index contributed by atoms with van der Waals surface area (Å²) in [7, 11) is 0. The fourth-order valence-electron chi connectivity index (χ4n) is 3.11. The molecule has 1 amide bonds. The van der Waals surface area contributed by atoms with Crippen molar-refractivity contribution in [2.24, 2.45) is 0 Å². The molecule has 0 aliphatic carbocycles. The van der Waals surface area contributed by atoms with Gasteiger partial charge >= 0.3 is 0 Å². The lowest BCUT2D eigenvalue weighted by atomic mass is 10.1. The number of amides is 1. The second kappa shape index (κ2) is 9.12. The van der Waals surface area contributed by atoms with Gasteiger partial charge in [0.15, 0.2) is 5.69 Å². The van der Waals surface area contributed by atoms with E-state index in [1.54, 1.807) is 12.1 Å². The van der Waals surface area contributed by atoms with Crippen LogP contribution in [0.25, 0.3) is 10.8 Å². The molecule has 140 valence electrons. The highest BCUT2D eigenvalue weighted by Crippen LogP contribution is 2.13. The summed E-state index contributed by atoms with van der Waals surface area (Å²) >= 11 is 0.